The summed E-state index contributed by atoms with van der Waals surface area (Å²) in [6, 6.07) is 8.90. The van der Waals surface area contributed by atoms with Gasteiger partial charge in [-0.2, -0.15) is 0 Å². The van der Waals surface area contributed by atoms with Crippen molar-refractivity contribution in [3.05, 3.63) is 46.5 Å². The highest BCUT2D eigenvalue weighted by atomic mass is 31.1. The summed E-state index contributed by atoms with van der Waals surface area (Å²) in [5, 5.41) is 0. The molecule has 0 N–H and O–H groups in total. The maximum Gasteiger partial charge on any atom is 0.175 e. The Kier molecular flexibility index (Phi) is 8.15. The van der Waals surface area contributed by atoms with Crippen molar-refractivity contribution in [2.75, 3.05) is 39.8 Å². The molecule has 2 aliphatic rings. The molecule has 0 aliphatic carbocycles. The van der Waals surface area contributed by atoms with Crippen molar-refractivity contribution in [1.29, 1.82) is 0 Å². The lowest BCUT2D eigenvalue weighted by Crippen LogP contribution is -2.42. The Hall–Kier alpha value is -1.61. The van der Waals surface area contributed by atoms with E-state index in [2.05, 4.69) is 65.8 Å². The molecule has 2 heterocycles. The summed E-state index contributed by atoms with van der Waals surface area (Å²) in [5.74, 6) is 2.24. The summed E-state index contributed by atoms with van der Waals surface area (Å²) in [7, 11) is 4.45. The van der Waals surface area contributed by atoms with Gasteiger partial charge >= 0.3 is 0 Å². The van der Waals surface area contributed by atoms with Gasteiger partial charge in [0, 0.05) is 23.5 Å². The Morgan fingerprint density at radius 1 is 0.857 bits per heavy atom. The molecule has 2 aromatic carbocycles. The van der Waals surface area contributed by atoms with Gasteiger partial charge in [-0.3, -0.25) is 0 Å². The molecule has 4 rings (SSSR count). The van der Waals surface area contributed by atoms with Gasteiger partial charge < -0.3 is 18.9 Å². The van der Waals surface area contributed by atoms with Crippen molar-refractivity contribution in [2.45, 2.75) is 77.4 Å². The van der Waals surface area contributed by atoms with E-state index in [-0.39, 0.29) is 17.8 Å². The highest BCUT2D eigenvalue weighted by Gasteiger charge is 2.49. The lowest BCUT2D eigenvalue weighted by Gasteiger charge is -2.43. The lowest BCUT2D eigenvalue weighted by molar-refractivity contribution is -0.174. The number of benzene rings is 2. The van der Waals surface area contributed by atoms with Gasteiger partial charge in [0.1, 0.15) is 0 Å². The van der Waals surface area contributed by atoms with Gasteiger partial charge in [0.25, 0.3) is 0 Å². The summed E-state index contributed by atoms with van der Waals surface area (Å²) in [6.45, 7) is 15.0. The van der Waals surface area contributed by atoms with E-state index in [1.54, 1.807) is 14.2 Å². The molecule has 0 saturated carbocycles. The van der Waals surface area contributed by atoms with Crippen molar-refractivity contribution in [2.24, 2.45) is 0 Å². The van der Waals surface area contributed by atoms with Crippen LogP contribution in [0.15, 0.2) is 24.3 Å². The smallest absolute Gasteiger partial charge is 0.175 e. The maximum atomic E-state index is 6.49. The van der Waals surface area contributed by atoms with E-state index in [9.17, 15) is 0 Å². The second-order valence-electron chi connectivity index (χ2n) is 10.7. The first kappa shape index (κ1) is 26.5. The fourth-order valence-corrected chi connectivity index (χ4v) is 7.68. The number of hydrogen-bond donors (Lipinski definition) is 0. The molecule has 0 amide bonds. The maximum absolute atomic E-state index is 6.49. The molecule has 0 aromatic heterocycles. The highest BCUT2D eigenvalue weighted by molar-refractivity contribution is 7.38. The summed E-state index contributed by atoms with van der Waals surface area (Å²) < 4.78 is 25.3. The fourth-order valence-electron chi connectivity index (χ4n) is 6.15. The van der Waals surface area contributed by atoms with Crippen LogP contribution in [0, 0.1) is 0 Å². The van der Waals surface area contributed by atoms with Crippen molar-refractivity contribution < 1.29 is 18.9 Å². The van der Waals surface area contributed by atoms with E-state index in [1.165, 1.54) is 33.4 Å². The third-order valence-corrected chi connectivity index (χ3v) is 8.89. The summed E-state index contributed by atoms with van der Waals surface area (Å²) >= 11 is 0. The lowest BCUT2D eigenvalue weighted by atomic mass is 9.73. The number of rotatable bonds is 7. The van der Waals surface area contributed by atoms with Crippen molar-refractivity contribution in [3.63, 3.8) is 0 Å². The van der Waals surface area contributed by atoms with E-state index in [4.69, 9.17) is 18.9 Å². The van der Waals surface area contributed by atoms with Crippen LogP contribution in [0.5, 0.6) is 11.5 Å². The predicted octanol–water partition coefficient (Wildman–Crippen LogP) is 7.65. The molecule has 1 spiro atoms. The standard InChI is InChI=1S/C30H43O4P/c1-18(2)21-11-9-10-12-22(21)26-24(19(3)4)28(31-7)29(32-8)25(20(5)6)27(26)23-17-35-16-13-30(23)33-14-15-34-30/h9-12,18-20,23,35H,13-17H2,1-8H3. The monoisotopic (exact) mass is 498 g/mol. The minimum atomic E-state index is -0.551. The molecule has 5 heteroatoms. The van der Waals surface area contributed by atoms with E-state index >= 15 is 0 Å². The largest absolute Gasteiger partial charge is 0.493 e. The second kappa shape index (κ2) is 10.8. The van der Waals surface area contributed by atoms with Gasteiger partial charge in [-0.05, 0) is 52.3 Å². The van der Waals surface area contributed by atoms with Gasteiger partial charge in [-0.1, -0.05) is 65.8 Å². The Labute approximate surface area is 213 Å². The first-order chi connectivity index (χ1) is 16.8. The molecule has 2 aliphatic heterocycles. The van der Waals surface area contributed by atoms with Crippen LogP contribution in [0.4, 0.5) is 0 Å². The van der Waals surface area contributed by atoms with Gasteiger partial charge in [-0.25, -0.2) is 0 Å². The topological polar surface area (TPSA) is 36.9 Å². The molecule has 2 fully saturated rings. The average Bonchev–Trinajstić information content (AvgIpc) is 3.30. The van der Waals surface area contributed by atoms with Crippen molar-refractivity contribution in [3.8, 4) is 22.6 Å². The molecule has 2 atom stereocenters. The van der Waals surface area contributed by atoms with Crippen LogP contribution < -0.4 is 9.47 Å². The third kappa shape index (κ3) is 4.63. The average molecular weight is 499 g/mol. The zero-order valence-corrected chi connectivity index (χ0v) is 23.8. The number of hydrogen-bond acceptors (Lipinski definition) is 4. The molecule has 2 aromatic rings. The van der Waals surface area contributed by atoms with E-state index in [1.807, 2.05) is 0 Å². The highest BCUT2D eigenvalue weighted by Crippen LogP contribution is 2.57. The zero-order valence-electron chi connectivity index (χ0n) is 22.8. The zero-order chi connectivity index (χ0) is 25.3. The van der Waals surface area contributed by atoms with Crippen LogP contribution in [0.3, 0.4) is 0 Å². The van der Waals surface area contributed by atoms with Crippen LogP contribution in [0.1, 0.15) is 93.9 Å². The Morgan fingerprint density at radius 3 is 2.03 bits per heavy atom. The molecule has 4 nitrogen and oxygen atoms in total. The number of methoxy groups -OCH3 is 2. The van der Waals surface area contributed by atoms with E-state index < -0.39 is 5.79 Å². The van der Waals surface area contributed by atoms with Crippen LogP contribution in [-0.2, 0) is 9.47 Å². The molecular weight excluding hydrogens is 455 g/mol. The van der Waals surface area contributed by atoms with Crippen molar-refractivity contribution >= 4 is 8.58 Å². The van der Waals surface area contributed by atoms with E-state index in [0.717, 1.165) is 38.8 Å². The Balaban J connectivity index is 2.20. The molecular formula is C30H43O4P. The van der Waals surface area contributed by atoms with Gasteiger partial charge in [0.05, 0.1) is 27.4 Å². The Bertz CT molecular complexity index is 1040. The normalized spacial score (nSPS) is 20.5. The Morgan fingerprint density at radius 2 is 1.46 bits per heavy atom. The molecule has 192 valence electrons. The summed E-state index contributed by atoms with van der Waals surface area (Å²) in [5.41, 5.74) is 7.77. The van der Waals surface area contributed by atoms with Gasteiger partial charge in [-0.15, -0.1) is 8.58 Å². The molecule has 2 saturated heterocycles. The SMILES string of the molecule is COc1c(OC)c(C(C)C)c(C2CPCCC23OCCO3)c(-c2ccccc2C(C)C)c1C(C)C. The van der Waals surface area contributed by atoms with Crippen LogP contribution in [0.25, 0.3) is 11.1 Å². The fraction of sp³-hybridized carbons (Fsp3) is 0.600. The van der Waals surface area contributed by atoms with E-state index in [0.29, 0.717) is 19.1 Å². The molecule has 0 radical (unpaired) electrons. The summed E-state index contributed by atoms with van der Waals surface area (Å²) in [6.07, 6.45) is 3.18. The first-order valence-electron chi connectivity index (χ1n) is 13.2. The predicted molar refractivity (Wildman–Crippen MR) is 147 cm³/mol. The third-order valence-electron chi connectivity index (χ3n) is 7.59. The minimum absolute atomic E-state index is 0.155. The molecule has 35 heavy (non-hydrogen) atoms. The quantitative estimate of drug-likeness (QED) is 0.368. The van der Waals surface area contributed by atoms with Gasteiger partial charge in [0.2, 0.25) is 0 Å². The second-order valence-corrected chi connectivity index (χ2v) is 12.2. The summed E-state index contributed by atoms with van der Waals surface area (Å²) in [4.78, 5) is 0. The minimum Gasteiger partial charge on any atom is -0.493 e. The molecule has 2 unspecified atom stereocenters. The van der Waals surface area contributed by atoms with Gasteiger partial charge in [0.15, 0.2) is 17.3 Å². The van der Waals surface area contributed by atoms with Crippen LogP contribution in [0.2, 0.25) is 0 Å². The number of ether oxygens (including phenoxy) is 4. The van der Waals surface area contributed by atoms with Crippen LogP contribution in [-0.4, -0.2) is 45.5 Å². The molecule has 0 bridgehead atoms. The van der Waals surface area contributed by atoms with Crippen molar-refractivity contribution in [1.82, 2.24) is 0 Å². The first-order valence-corrected chi connectivity index (χ1v) is 14.6. The van der Waals surface area contributed by atoms with Crippen LogP contribution >= 0.6 is 8.58 Å².